The number of benzene rings is 2. The maximum Gasteiger partial charge on any atom is 0.344 e. The lowest BCUT2D eigenvalue weighted by molar-refractivity contribution is -0.139. The van der Waals surface area contributed by atoms with Gasteiger partial charge in [-0.05, 0) is 30.0 Å². The highest BCUT2D eigenvalue weighted by Gasteiger charge is 2.52. The average Bonchev–Trinajstić information content (AvgIpc) is 3.23. The highest BCUT2D eigenvalue weighted by molar-refractivity contribution is 6.08. The molecule has 0 radical (unpaired) electrons. The molecule has 0 bridgehead atoms. The highest BCUT2D eigenvalue weighted by Crippen LogP contribution is 2.31. The molecule has 0 saturated carbocycles. The van der Waals surface area contributed by atoms with Gasteiger partial charge in [0.25, 0.3) is 11.8 Å². The van der Waals surface area contributed by atoms with Crippen LogP contribution in [0.25, 0.3) is 0 Å². The molecule has 7 nitrogen and oxygen atoms in total. The van der Waals surface area contributed by atoms with Crippen molar-refractivity contribution in [1.82, 2.24) is 15.8 Å². The molecule has 0 unspecified atom stereocenters. The maximum atomic E-state index is 13.1. The molecule has 2 heterocycles. The Bertz CT molecular complexity index is 930. The highest BCUT2D eigenvalue weighted by atomic mass is 16.2. The molecule has 2 aliphatic rings. The Balaban J connectivity index is 1.49. The molecule has 7 heteroatoms. The summed E-state index contributed by atoms with van der Waals surface area (Å²) < 4.78 is 0. The Morgan fingerprint density at radius 1 is 1.11 bits per heavy atom. The number of carbonyl (C=O) groups is 3. The van der Waals surface area contributed by atoms with Crippen molar-refractivity contribution in [3.63, 3.8) is 0 Å². The van der Waals surface area contributed by atoms with E-state index < -0.39 is 23.4 Å². The number of carbonyl (C=O) groups excluding carboxylic acids is 3. The second kappa shape index (κ2) is 6.99. The van der Waals surface area contributed by atoms with E-state index in [1.165, 1.54) is 5.56 Å². The van der Waals surface area contributed by atoms with Crippen LogP contribution in [0.15, 0.2) is 54.6 Å². The number of anilines is 1. The third kappa shape index (κ3) is 2.89. The fraction of sp³-hybridized carbons (Fsp3) is 0.286. The Kier molecular flexibility index (Phi) is 4.50. The standard InChI is InChI=1S/C21H22N4O3/c1-2-21(16-9-4-3-5-10-16)19(27)25(20(28)22-21)23-18(26)14-24-13-12-15-8-6-7-11-17(15)24/h3-11H,2,12-14H2,1H3,(H,22,28)(H,23,26)/t21-/m0/s1. The number of urea groups is 1. The summed E-state index contributed by atoms with van der Waals surface area (Å²) in [5, 5.41) is 3.56. The number of hydrogen-bond donors (Lipinski definition) is 2. The summed E-state index contributed by atoms with van der Waals surface area (Å²) in [6, 6.07) is 16.4. The van der Waals surface area contributed by atoms with Crippen LogP contribution >= 0.6 is 0 Å². The number of amides is 4. The van der Waals surface area contributed by atoms with Crippen LogP contribution in [0.5, 0.6) is 0 Å². The zero-order valence-electron chi connectivity index (χ0n) is 15.6. The van der Waals surface area contributed by atoms with Gasteiger partial charge in [-0.3, -0.25) is 15.0 Å². The molecule has 1 saturated heterocycles. The smallest absolute Gasteiger partial charge is 0.344 e. The fourth-order valence-corrected chi connectivity index (χ4v) is 3.94. The Morgan fingerprint density at radius 2 is 1.82 bits per heavy atom. The Hall–Kier alpha value is -3.35. The van der Waals surface area contributed by atoms with Gasteiger partial charge in [0.2, 0.25) is 0 Å². The lowest BCUT2D eigenvalue weighted by Crippen LogP contribution is -2.51. The average molecular weight is 378 g/mol. The van der Waals surface area contributed by atoms with E-state index in [4.69, 9.17) is 0 Å². The van der Waals surface area contributed by atoms with Crippen molar-refractivity contribution in [1.29, 1.82) is 0 Å². The van der Waals surface area contributed by atoms with Crippen molar-refractivity contribution in [3.05, 3.63) is 65.7 Å². The minimum Gasteiger partial charge on any atom is -0.362 e. The molecule has 0 aromatic heterocycles. The second-order valence-electron chi connectivity index (χ2n) is 7.03. The summed E-state index contributed by atoms with van der Waals surface area (Å²) >= 11 is 0. The summed E-state index contributed by atoms with van der Waals surface area (Å²) in [7, 11) is 0. The number of hydrazine groups is 1. The van der Waals surface area contributed by atoms with Gasteiger partial charge in [-0.1, -0.05) is 55.5 Å². The Morgan fingerprint density at radius 3 is 2.57 bits per heavy atom. The van der Waals surface area contributed by atoms with Crippen LogP contribution in [-0.2, 0) is 21.5 Å². The molecule has 4 rings (SSSR count). The number of nitrogens with one attached hydrogen (secondary N) is 2. The second-order valence-corrected chi connectivity index (χ2v) is 7.03. The van der Waals surface area contributed by atoms with Gasteiger partial charge in [0, 0.05) is 12.2 Å². The number of nitrogens with zero attached hydrogens (tertiary/aromatic N) is 2. The van der Waals surface area contributed by atoms with E-state index in [9.17, 15) is 14.4 Å². The molecule has 0 spiro atoms. The number of rotatable bonds is 5. The van der Waals surface area contributed by atoms with E-state index in [1.54, 1.807) is 12.1 Å². The van der Waals surface area contributed by atoms with Crippen LogP contribution in [-0.4, -0.2) is 35.9 Å². The molecule has 0 aliphatic carbocycles. The predicted octanol–water partition coefficient (Wildman–Crippen LogP) is 1.94. The van der Waals surface area contributed by atoms with Gasteiger partial charge >= 0.3 is 6.03 Å². The van der Waals surface area contributed by atoms with Crippen molar-refractivity contribution in [2.75, 3.05) is 18.0 Å². The van der Waals surface area contributed by atoms with Crippen molar-refractivity contribution in [3.8, 4) is 0 Å². The van der Waals surface area contributed by atoms with Crippen LogP contribution in [0.3, 0.4) is 0 Å². The molecule has 2 N–H and O–H groups in total. The maximum absolute atomic E-state index is 13.1. The van der Waals surface area contributed by atoms with Gasteiger partial charge in [-0.2, -0.15) is 5.01 Å². The fourth-order valence-electron chi connectivity index (χ4n) is 3.94. The third-order valence-corrected chi connectivity index (χ3v) is 5.44. The first-order chi connectivity index (χ1) is 13.5. The zero-order valence-corrected chi connectivity index (χ0v) is 15.6. The molecule has 2 aromatic carbocycles. The monoisotopic (exact) mass is 378 g/mol. The molecular formula is C21H22N4O3. The number of fused-ring (bicyclic) bond motifs is 1. The van der Waals surface area contributed by atoms with Crippen molar-refractivity contribution >= 4 is 23.5 Å². The normalized spacial score (nSPS) is 20.9. The first kappa shape index (κ1) is 18.0. The number of imide groups is 1. The largest absolute Gasteiger partial charge is 0.362 e. The molecule has 1 atom stereocenters. The first-order valence-electron chi connectivity index (χ1n) is 9.40. The van der Waals surface area contributed by atoms with Crippen molar-refractivity contribution in [2.45, 2.75) is 25.3 Å². The third-order valence-electron chi connectivity index (χ3n) is 5.44. The number of hydrogen-bond acceptors (Lipinski definition) is 4. The molecule has 2 aromatic rings. The van der Waals surface area contributed by atoms with Gasteiger partial charge in [-0.25, -0.2) is 4.79 Å². The first-order valence-corrected chi connectivity index (χ1v) is 9.40. The molecule has 4 amide bonds. The lowest BCUT2D eigenvalue weighted by atomic mass is 9.87. The molecule has 28 heavy (non-hydrogen) atoms. The summed E-state index contributed by atoms with van der Waals surface area (Å²) in [6.07, 6.45) is 1.26. The van der Waals surface area contributed by atoms with Gasteiger partial charge < -0.3 is 10.2 Å². The lowest BCUT2D eigenvalue weighted by Gasteiger charge is -2.26. The van der Waals surface area contributed by atoms with Crippen LogP contribution in [0.2, 0.25) is 0 Å². The van der Waals surface area contributed by atoms with Crippen LogP contribution in [0.4, 0.5) is 10.5 Å². The molecule has 2 aliphatic heterocycles. The molecular weight excluding hydrogens is 356 g/mol. The minimum atomic E-state index is -1.16. The SMILES string of the molecule is CC[C@@]1(c2ccccc2)NC(=O)N(NC(=O)CN2CCc3ccccc32)C1=O. The molecule has 1 fully saturated rings. The molecule has 144 valence electrons. The summed E-state index contributed by atoms with van der Waals surface area (Å²) in [6.45, 7) is 2.64. The van der Waals surface area contributed by atoms with E-state index >= 15 is 0 Å². The van der Waals surface area contributed by atoms with E-state index in [0.717, 1.165) is 23.7 Å². The van der Waals surface area contributed by atoms with Crippen molar-refractivity contribution < 1.29 is 14.4 Å². The summed E-state index contributed by atoms with van der Waals surface area (Å²) in [5.41, 5.74) is 4.23. The van der Waals surface area contributed by atoms with Crippen molar-refractivity contribution in [2.24, 2.45) is 0 Å². The van der Waals surface area contributed by atoms with Crippen LogP contribution in [0, 0.1) is 0 Å². The van der Waals surface area contributed by atoms with E-state index in [1.807, 2.05) is 54.3 Å². The Labute approximate surface area is 163 Å². The van der Waals surface area contributed by atoms with E-state index in [0.29, 0.717) is 12.0 Å². The van der Waals surface area contributed by atoms with Gasteiger partial charge in [0.15, 0.2) is 0 Å². The minimum absolute atomic E-state index is 0.0819. The van der Waals surface area contributed by atoms with Crippen LogP contribution < -0.4 is 15.6 Å². The quantitative estimate of drug-likeness (QED) is 0.779. The predicted molar refractivity (Wildman–Crippen MR) is 104 cm³/mol. The number of para-hydroxylation sites is 1. The van der Waals surface area contributed by atoms with E-state index in [2.05, 4.69) is 10.7 Å². The summed E-state index contributed by atoms with van der Waals surface area (Å²) in [5.74, 6) is -0.874. The van der Waals surface area contributed by atoms with Gasteiger partial charge in [0.05, 0.1) is 6.54 Å². The van der Waals surface area contributed by atoms with Gasteiger partial charge in [-0.15, -0.1) is 0 Å². The van der Waals surface area contributed by atoms with Crippen LogP contribution in [0.1, 0.15) is 24.5 Å². The topological polar surface area (TPSA) is 81.8 Å². The van der Waals surface area contributed by atoms with E-state index in [-0.39, 0.29) is 6.54 Å². The zero-order chi connectivity index (χ0) is 19.7. The summed E-state index contributed by atoms with van der Waals surface area (Å²) in [4.78, 5) is 40.0. The van der Waals surface area contributed by atoms with Gasteiger partial charge in [0.1, 0.15) is 5.54 Å².